The third-order valence-electron chi connectivity index (χ3n) is 4.61. The minimum atomic E-state index is -0.359. The fourth-order valence-corrected chi connectivity index (χ4v) is 3.81. The van der Waals surface area contributed by atoms with Crippen LogP contribution in [0.4, 0.5) is 5.69 Å². The number of fused-ring (bicyclic) bond motifs is 1. The minimum absolute atomic E-state index is 0.0415. The van der Waals surface area contributed by atoms with E-state index < -0.39 is 0 Å². The molecule has 0 spiro atoms. The molecule has 0 aliphatic carbocycles. The summed E-state index contributed by atoms with van der Waals surface area (Å²) >= 11 is 1.49. The van der Waals surface area contributed by atoms with E-state index in [1.165, 1.54) is 17.8 Å². The Morgan fingerprint density at radius 2 is 1.81 bits per heavy atom. The van der Waals surface area contributed by atoms with E-state index in [9.17, 15) is 9.59 Å². The molecule has 3 rings (SSSR count). The molecule has 1 N–H and O–H groups in total. The molecule has 3 aromatic rings. The molecule has 5 heteroatoms. The summed E-state index contributed by atoms with van der Waals surface area (Å²) in [7, 11) is 0. The van der Waals surface area contributed by atoms with Crippen molar-refractivity contribution < 1.29 is 9.21 Å². The maximum absolute atomic E-state index is 12.3. The van der Waals surface area contributed by atoms with Crippen molar-refractivity contribution in [2.24, 2.45) is 0 Å². The number of benzene rings is 2. The quantitative estimate of drug-likeness (QED) is 0.621. The zero-order valence-electron chi connectivity index (χ0n) is 15.8. The SMILES string of the molecule is CCc1ccccc1NC(=O)CSCc1cc(=O)oc2cc(C)c(C)cc12. The van der Waals surface area contributed by atoms with Crippen LogP contribution in [0.25, 0.3) is 11.0 Å². The number of carbonyl (C=O) groups is 1. The highest BCUT2D eigenvalue weighted by Gasteiger charge is 2.10. The van der Waals surface area contributed by atoms with Crippen molar-refractivity contribution in [2.45, 2.75) is 32.9 Å². The van der Waals surface area contributed by atoms with Gasteiger partial charge in [-0.3, -0.25) is 4.79 Å². The molecule has 4 nitrogen and oxygen atoms in total. The number of amides is 1. The van der Waals surface area contributed by atoms with Crippen LogP contribution < -0.4 is 10.9 Å². The Kier molecular flexibility index (Phi) is 6.01. The number of hydrogen-bond acceptors (Lipinski definition) is 4. The predicted molar refractivity (Wildman–Crippen MR) is 113 cm³/mol. The van der Waals surface area contributed by atoms with Gasteiger partial charge in [0.2, 0.25) is 5.91 Å². The summed E-state index contributed by atoms with van der Waals surface area (Å²) in [5.41, 5.74) is 5.36. The van der Waals surface area contributed by atoms with Crippen molar-refractivity contribution in [3.63, 3.8) is 0 Å². The molecular formula is C22H23NO3S. The van der Waals surface area contributed by atoms with Crippen molar-refractivity contribution in [1.29, 1.82) is 0 Å². The van der Waals surface area contributed by atoms with Gasteiger partial charge in [-0.2, -0.15) is 0 Å². The summed E-state index contributed by atoms with van der Waals surface area (Å²) in [6, 6.07) is 13.3. The average Bonchev–Trinajstić information content (AvgIpc) is 2.63. The topological polar surface area (TPSA) is 59.3 Å². The summed E-state index contributed by atoms with van der Waals surface area (Å²) in [5, 5.41) is 3.91. The van der Waals surface area contributed by atoms with Crippen molar-refractivity contribution in [1.82, 2.24) is 0 Å². The first-order valence-electron chi connectivity index (χ1n) is 8.97. The van der Waals surface area contributed by atoms with Gasteiger partial charge >= 0.3 is 5.63 Å². The fraction of sp³-hybridized carbons (Fsp3) is 0.273. The summed E-state index contributed by atoms with van der Waals surface area (Å²) in [4.78, 5) is 24.1. The first-order valence-corrected chi connectivity index (χ1v) is 10.1. The molecule has 0 radical (unpaired) electrons. The molecule has 0 fully saturated rings. The molecule has 1 aromatic heterocycles. The van der Waals surface area contributed by atoms with Crippen molar-refractivity contribution in [3.05, 3.63) is 75.1 Å². The number of aryl methyl sites for hydroxylation is 3. The summed E-state index contributed by atoms with van der Waals surface area (Å²) in [6.45, 7) is 6.10. The lowest BCUT2D eigenvalue weighted by Gasteiger charge is -2.10. The molecule has 27 heavy (non-hydrogen) atoms. The normalized spacial score (nSPS) is 10.9. The highest BCUT2D eigenvalue weighted by molar-refractivity contribution is 7.99. The summed E-state index contributed by atoms with van der Waals surface area (Å²) in [6.07, 6.45) is 0.869. The second-order valence-electron chi connectivity index (χ2n) is 6.57. The number of nitrogens with one attached hydrogen (secondary N) is 1. The Morgan fingerprint density at radius 1 is 1.07 bits per heavy atom. The van der Waals surface area contributed by atoms with Crippen LogP contribution in [0.15, 0.2) is 51.7 Å². The molecule has 2 aromatic carbocycles. The van der Waals surface area contributed by atoms with Gasteiger partial charge < -0.3 is 9.73 Å². The zero-order valence-corrected chi connectivity index (χ0v) is 16.6. The van der Waals surface area contributed by atoms with Gasteiger partial charge in [-0.05, 0) is 60.7 Å². The van der Waals surface area contributed by atoms with E-state index in [1.807, 2.05) is 50.2 Å². The van der Waals surface area contributed by atoms with E-state index >= 15 is 0 Å². The van der Waals surface area contributed by atoms with E-state index in [1.54, 1.807) is 0 Å². The van der Waals surface area contributed by atoms with Gasteiger partial charge in [0.1, 0.15) is 5.58 Å². The first kappa shape index (κ1) is 19.2. The fourth-order valence-electron chi connectivity index (χ4n) is 2.99. The number of thioether (sulfide) groups is 1. The van der Waals surface area contributed by atoms with Gasteiger partial charge in [-0.25, -0.2) is 4.79 Å². The van der Waals surface area contributed by atoms with Gasteiger partial charge in [0, 0.05) is 22.9 Å². The van der Waals surface area contributed by atoms with Crippen LogP contribution in [-0.4, -0.2) is 11.7 Å². The Morgan fingerprint density at radius 3 is 2.59 bits per heavy atom. The molecule has 0 aliphatic heterocycles. The smallest absolute Gasteiger partial charge is 0.336 e. The zero-order chi connectivity index (χ0) is 19.4. The highest BCUT2D eigenvalue weighted by atomic mass is 32.2. The monoisotopic (exact) mass is 381 g/mol. The standard InChI is InChI=1S/C22H23NO3S/c1-4-16-7-5-6-8-19(16)23-21(24)13-27-12-17-11-22(25)26-20-10-15(3)14(2)9-18(17)20/h5-11H,4,12-13H2,1-3H3,(H,23,24). The third kappa shape index (κ3) is 4.61. The molecular weight excluding hydrogens is 358 g/mol. The molecule has 0 bridgehead atoms. The van der Waals surface area contributed by atoms with Gasteiger partial charge in [0.05, 0.1) is 5.75 Å². The van der Waals surface area contributed by atoms with E-state index in [-0.39, 0.29) is 11.5 Å². The van der Waals surface area contributed by atoms with Crippen LogP contribution in [0.1, 0.15) is 29.2 Å². The largest absolute Gasteiger partial charge is 0.423 e. The summed E-state index contributed by atoms with van der Waals surface area (Å²) < 4.78 is 5.33. The second-order valence-corrected chi connectivity index (χ2v) is 7.56. The Hall–Kier alpha value is -2.53. The van der Waals surface area contributed by atoms with Gasteiger partial charge in [0.25, 0.3) is 0 Å². The number of para-hydroxylation sites is 1. The van der Waals surface area contributed by atoms with Crippen LogP contribution in [-0.2, 0) is 17.0 Å². The number of rotatable bonds is 6. The van der Waals surface area contributed by atoms with E-state index in [0.29, 0.717) is 17.1 Å². The number of carbonyl (C=O) groups excluding carboxylic acids is 1. The second kappa shape index (κ2) is 8.44. The lowest BCUT2D eigenvalue weighted by Crippen LogP contribution is -2.15. The van der Waals surface area contributed by atoms with E-state index in [0.717, 1.165) is 39.7 Å². The minimum Gasteiger partial charge on any atom is -0.423 e. The lowest BCUT2D eigenvalue weighted by molar-refractivity contribution is -0.113. The van der Waals surface area contributed by atoms with Crippen LogP contribution >= 0.6 is 11.8 Å². The van der Waals surface area contributed by atoms with E-state index in [2.05, 4.69) is 12.2 Å². The van der Waals surface area contributed by atoms with Gasteiger partial charge in [-0.1, -0.05) is 25.1 Å². The molecule has 1 amide bonds. The third-order valence-corrected chi connectivity index (χ3v) is 5.59. The lowest BCUT2D eigenvalue weighted by atomic mass is 10.0. The molecule has 0 atom stereocenters. The Labute approximate surface area is 163 Å². The van der Waals surface area contributed by atoms with Gasteiger partial charge in [0.15, 0.2) is 0 Å². The molecule has 0 saturated heterocycles. The van der Waals surface area contributed by atoms with Crippen LogP contribution in [0.5, 0.6) is 0 Å². The molecule has 0 saturated carbocycles. The molecule has 0 aliphatic rings. The van der Waals surface area contributed by atoms with Crippen molar-refractivity contribution in [3.8, 4) is 0 Å². The molecule has 1 heterocycles. The van der Waals surface area contributed by atoms with Crippen LogP contribution in [0.3, 0.4) is 0 Å². The predicted octanol–water partition coefficient (Wildman–Crippen LogP) is 4.84. The Balaban J connectivity index is 1.69. The maximum atomic E-state index is 12.3. The Bertz CT molecular complexity index is 1040. The number of anilines is 1. The van der Waals surface area contributed by atoms with Crippen LogP contribution in [0, 0.1) is 13.8 Å². The summed E-state index contributed by atoms with van der Waals surface area (Å²) in [5.74, 6) is 0.859. The first-order chi connectivity index (χ1) is 13.0. The van der Waals surface area contributed by atoms with Gasteiger partial charge in [-0.15, -0.1) is 11.8 Å². The van der Waals surface area contributed by atoms with Crippen molar-refractivity contribution >= 4 is 34.3 Å². The van der Waals surface area contributed by atoms with Crippen LogP contribution in [0.2, 0.25) is 0 Å². The molecule has 140 valence electrons. The average molecular weight is 381 g/mol. The highest BCUT2D eigenvalue weighted by Crippen LogP contribution is 2.25. The number of hydrogen-bond donors (Lipinski definition) is 1. The van der Waals surface area contributed by atoms with Crippen molar-refractivity contribution in [2.75, 3.05) is 11.1 Å². The van der Waals surface area contributed by atoms with E-state index in [4.69, 9.17) is 4.42 Å². The maximum Gasteiger partial charge on any atom is 0.336 e. The molecule has 0 unspecified atom stereocenters.